The van der Waals surface area contributed by atoms with E-state index in [9.17, 15) is 5.11 Å². The molecule has 6 heteroatoms. The van der Waals surface area contributed by atoms with Crippen molar-refractivity contribution in [1.29, 1.82) is 0 Å². The van der Waals surface area contributed by atoms with Gasteiger partial charge in [-0.3, -0.25) is 4.98 Å². The maximum Gasteiger partial charge on any atom is 0.192 e. The third-order valence-corrected chi connectivity index (χ3v) is 6.35. The predicted molar refractivity (Wildman–Crippen MR) is 111 cm³/mol. The van der Waals surface area contributed by atoms with Gasteiger partial charge in [0.25, 0.3) is 0 Å². The Kier molecular flexibility index (Phi) is 3.50. The molecule has 29 heavy (non-hydrogen) atoms. The first-order valence-corrected chi connectivity index (χ1v) is 10.2. The summed E-state index contributed by atoms with van der Waals surface area (Å²) in [5.41, 5.74) is 5.89. The summed E-state index contributed by atoms with van der Waals surface area (Å²) in [5.74, 6) is 1.24. The van der Waals surface area contributed by atoms with Gasteiger partial charge in [0.15, 0.2) is 11.5 Å². The van der Waals surface area contributed by atoms with Crippen LogP contribution < -0.4 is 5.32 Å². The van der Waals surface area contributed by atoms with E-state index in [-0.39, 0.29) is 5.75 Å². The van der Waals surface area contributed by atoms with Gasteiger partial charge in [-0.15, -0.1) is 0 Å². The highest BCUT2D eigenvalue weighted by atomic mass is 16.3. The maximum atomic E-state index is 10.5. The summed E-state index contributed by atoms with van der Waals surface area (Å²) in [6.07, 6.45) is 4.90. The number of piperidine rings is 1. The summed E-state index contributed by atoms with van der Waals surface area (Å²) in [5, 5.41) is 14.1. The van der Waals surface area contributed by atoms with Crippen molar-refractivity contribution in [3.05, 3.63) is 48.0 Å². The van der Waals surface area contributed by atoms with Gasteiger partial charge in [0.1, 0.15) is 11.3 Å². The number of phenolic OH excluding ortho intramolecular Hbond substituents is 1. The SMILES string of the molecule is Cc1nc2cc(O)c(-c3ccc4nc(C5CCNC6(CC6)C5)ccc4n3)cc2o1. The van der Waals surface area contributed by atoms with E-state index in [0.717, 1.165) is 24.0 Å². The first-order chi connectivity index (χ1) is 14.1. The number of pyridine rings is 2. The van der Waals surface area contributed by atoms with E-state index in [0.29, 0.717) is 39.7 Å². The molecule has 1 aliphatic carbocycles. The molecule has 1 saturated heterocycles. The number of nitrogens with one attached hydrogen (secondary N) is 1. The van der Waals surface area contributed by atoms with Gasteiger partial charge < -0.3 is 14.8 Å². The second-order valence-corrected chi connectivity index (χ2v) is 8.44. The molecule has 6 nitrogen and oxygen atoms in total. The number of oxazole rings is 1. The van der Waals surface area contributed by atoms with Gasteiger partial charge >= 0.3 is 0 Å². The van der Waals surface area contributed by atoms with Crippen LogP contribution >= 0.6 is 0 Å². The minimum absolute atomic E-state index is 0.145. The summed E-state index contributed by atoms with van der Waals surface area (Å²) >= 11 is 0. The molecule has 1 aromatic carbocycles. The molecule has 0 bridgehead atoms. The van der Waals surface area contributed by atoms with Crippen molar-refractivity contribution >= 4 is 22.1 Å². The molecule has 4 heterocycles. The molecule has 2 aliphatic rings. The molecule has 1 unspecified atom stereocenters. The summed E-state index contributed by atoms with van der Waals surface area (Å²) < 4.78 is 5.61. The fourth-order valence-corrected chi connectivity index (χ4v) is 4.63. The summed E-state index contributed by atoms with van der Waals surface area (Å²) in [6.45, 7) is 2.87. The fourth-order valence-electron chi connectivity index (χ4n) is 4.63. The number of hydrogen-bond donors (Lipinski definition) is 2. The smallest absolute Gasteiger partial charge is 0.192 e. The van der Waals surface area contributed by atoms with Crippen molar-refractivity contribution in [2.24, 2.45) is 0 Å². The van der Waals surface area contributed by atoms with Crippen molar-refractivity contribution in [2.75, 3.05) is 6.54 Å². The number of fused-ring (bicyclic) bond motifs is 2. The number of aromatic hydroxyl groups is 1. The number of hydrogen-bond acceptors (Lipinski definition) is 6. The quantitative estimate of drug-likeness (QED) is 0.529. The number of benzene rings is 1. The second-order valence-electron chi connectivity index (χ2n) is 8.44. The highest BCUT2D eigenvalue weighted by molar-refractivity contribution is 5.86. The van der Waals surface area contributed by atoms with E-state index in [1.54, 1.807) is 19.1 Å². The highest BCUT2D eigenvalue weighted by Gasteiger charge is 2.46. The molecular formula is C23H22N4O2. The largest absolute Gasteiger partial charge is 0.507 e. The monoisotopic (exact) mass is 386 g/mol. The normalized spacial score (nSPS) is 20.5. The Morgan fingerprint density at radius 1 is 1.03 bits per heavy atom. The van der Waals surface area contributed by atoms with Gasteiger partial charge in [-0.1, -0.05) is 0 Å². The van der Waals surface area contributed by atoms with Crippen LogP contribution in [0.3, 0.4) is 0 Å². The third kappa shape index (κ3) is 2.86. The van der Waals surface area contributed by atoms with Crippen molar-refractivity contribution in [3.8, 4) is 17.0 Å². The van der Waals surface area contributed by atoms with Crippen molar-refractivity contribution in [1.82, 2.24) is 20.3 Å². The fraction of sp³-hybridized carbons (Fsp3) is 0.348. The number of nitrogens with zero attached hydrogens (tertiary/aromatic N) is 3. The van der Waals surface area contributed by atoms with Crippen LogP contribution in [0.25, 0.3) is 33.4 Å². The maximum absolute atomic E-state index is 10.5. The Hall–Kier alpha value is -2.99. The van der Waals surface area contributed by atoms with Crippen molar-refractivity contribution in [2.45, 2.75) is 44.1 Å². The van der Waals surface area contributed by atoms with Crippen LogP contribution in [-0.4, -0.2) is 32.1 Å². The molecule has 0 amide bonds. The lowest BCUT2D eigenvalue weighted by molar-refractivity contribution is 0.342. The van der Waals surface area contributed by atoms with Crippen LogP contribution in [0.2, 0.25) is 0 Å². The molecule has 0 radical (unpaired) electrons. The average molecular weight is 386 g/mol. The minimum atomic E-state index is 0.145. The van der Waals surface area contributed by atoms with Gasteiger partial charge in [0, 0.05) is 35.7 Å². The number of phenols is 1. The van der Waals surface area contributed by atoms with E-state index in [4.69, 9.17) is 14.4 Å². The van der Waals surface area contributed by atoms with Crippen LogP contribution in [0.4, 0.5) is 0 Å². The zero-order valence-electron chi connectivity index (χ0n) is 16.3. The Balaban J connectivity index is 1.37. The molecule has 1 spiro atoms. The van der Waals surface area contributed by atoms with E-state index >= 15 is 0 Å². The number of rotatable bonds is 2. The molecule has 4 aromatic rings. The molecular weight excluding hydrogens is 364 g/mol. The molecule has 2 N–H and O–H groups in total. The number of aryl methyl sites for hydroxylation is 1. The van der Waals surface area contributed by atoms with Gasteiger partial charge in [0.2, 0.25) is 0 Å². The minimum Gasteiger partial charge on any atom is -0.507 e. The Morgan fingerprint density at radius 3 is 2.72 bits per heavy atom. The number of aromatic nitrogens is 3. The van der Waals surface area contributed by atoms with E-state index in [1.807, 2.05) is 12.1 Å². The van der Waals surface area contributed by atoms with Crippen LogP contribution in [-0.2, 0) is 0 Å². The third-order valence-electron chi connectivity index (χ3n) is 6.35. The Labute approximate surface area is 168 Å². The second kappa shape index (κ2) is 6.00. The topological polar surface area (TPSA) is 84.1 Å². The zero-order valence-corrected chi connectivity index (χ0v) is 16.3. The van der Waals surface area contributed by atoms with E-state index in [1.165, 1.54) is 25.0 Å². The molecule has 3 aromatic heterocycles. The summed E-state index contributed by atoms with van der Waals surface area (Å²) in [7, 11) is 0. The van der Waals surface area contributed by atoms with Crippen molar-refractivity contribution in [3.63, 3.8) is 0 Å². The zero-order chi connectivity index (χ0) is 19.6. The molecule has 1 aliphatic heterocycles. The van der Waals surface area contributed by atoms with E-state index < -0.39 is 0 Å². The molecule has 1 saturated carbocycles. The standard InChI is InChI=1S/C23H22N4O2/c1-13-25-20-11-21(28)15(10-22(20)29-13)17-3-5-18-19(27-17)4-2-16(26-18)14-6-9-24-23(12-14)7-8-23/h2-5,10-11,14,24,28H,6-9,12H2,1H3. The molecule has 1 atom stereocenters. The van der Waals surface area contributed by atoms with E-state index in [2.05, 4.69) is 22.4 Å². The highest BCUT2D eigenvalue weighted by Crippen LogP contribution is 2.46. The first kappa shape index (κ1) is 16.9. The summed E-state index contributed by atoms with van der Waals surface area (Å²) in [4.78, 5) is 13.9. The lowest BCUT2D eigenvalue weighted by atomic mass is 9.88. The Morgan fingerprint density at radius 2 is 1.86 bits per heavy atom. The van der Waals surface area contributed by atoms with Gasteiger partial charge in [-0.25, -0.2) is 9.97 Å². The average Bonchev–Trinajstić information content (AvgIpc) is 3.36. The van der Waals surface area contributed by atoms with Crippen LogP contribution in [0.15, 0.2) is 40.8 Å². The van der Waals surface area contributed by atoms with Crippen LogP contribution in [0.1, 0.15) is 43.2 Å². The van der Waals surface area contributed by atoms with Gasteiger partial charge in [0.05, 0.1) is 16.7 Å². The van der Waals surface area contributed by atoms with Gasteiger partial charge in [-0.05, 0) is 62.6 Å². The molecule has 146 valence electrons. The first-order valence-electron chi connectivity index (χ1n) is 10.2. The van der Waals surface area contributed by atoms with Gasteiger partial charge in [-0.2, -0.15) is 0 Å². The summed E-state index contributed by atoms with van der Waals surface area (Å²) in [6, 6.07) is 11.5. The Bertz CT molecular complexity index is 1260. The van der Waals surface area contributed by atoms with Crippen LogP contribution in [0, 0.1) is 6.92 Å². The molecule has 2 fully saturated rings. The molecule has 6 rings (SSSR count). The predicted octanol–water partition coefficient (Wildman–Crippen LogP) is 4.45. The van der Waals surface area contributed by atoms with Crippen molar-refractivity contribution < 1.29 is 9.52 Å². The van der Waals surface area contributed by atoms with Crippen LogP contribution in [0.5, 0.6) is 5.75 Å². The lowest BCUT2D eigenvalue weighted by Gasteiger charge is -2.30. The lowest BCUT2D eigenvalue weighted by Crippen LogP contribution is -2.39.